The molecule has 0 aromatic rings. The second-order valence-corrected chi connectivity index (χ2v) is 3.55. The van der Waals surface area contributed by atoms with Gasteiger partial charge < -0.3 is 15.8 Å². The smallest absolute Gasteiger partial charge is 0.407 e. The molecule has 1 aliphatic carbocycles. The highest BCUT2D eigenvalue weighted by Gasteiger charge is 2.13. The van der Waals surface area contributed by atoms with Gasteiger partial charge in [-0.05, 0) is 31.8 Å². The molecule has 3 N–H and O–H groups in total. The SMILES string of the molecule is CNC(=O)OC1/C=C/C[C@@H](N)CCC1. The zero-order chi connectivity index (χ0) is 10.4. The molecule has 0 spiro atoms. The Kier molecular flexibility index (Phi) is 4.46. The van der Waals surface area contributed by atoms with E-state index in [2.05, 4.69) is 5.32 Å². The van der Waals surface area contributed by atoms with Crippen LogP contribution in [0.3, 0.4) is 0 Å². The lowest BCUT2D eigenvalue weighted by Gasteiger charge is -2.18. The fourth-order valence-corrected chi connectivity index (χ4v) is 1.50. The van der Waals surface area contributed by atoms with Gasteiger partial charge in [0.05, 0.1) is 0 Å². The van der Waals surface area contributed by atoms with Crippen LogP contribution in [0.15, 0.2) is 12.2 Å². The molecule has 4 heteroatoms. The second kappa shape index (κ2) is 5.65. The summed E-state index contributed by atoms with van der Waals surface area (Å²) in [6.07, 6.45) is 7.19. The minimum atomic E-state index is -0.371. The van der Waals surface area contributed by atoms with Crippen molar-refractivity contribution in [3.8, 4) is 0 Å². The average Bonchev–Trinajstić information content (AvgIpc) is 2.14. The van der Waals surface area contributed by atoms with Crippen LogP contribution in [0.25, 0.3) is 0 Å². The van der Waals surface area contributed by atoms with Crippen LogP contribution in [0.5, 0.6) is 0 Å². The van der Waals surface area contributed by atoms with Gasteiger partial charge in [0.1, 0.15) is 6.10 Å². The Hall–Kier alpha value is -1.03. The fourth-order valence-electron chi connectivity index (χ4n) is 1.50. The van der Waals surface area contributed by atoms with Gasteiger partial charge >= 0.3 is 6.09 Å². The first kappa shape index (κ1) is 11.0. The Morgan fingerprint density at radius 3 is 3.07 bits per heavy atom. The second-order valence-electron chi connectivity index (χ2n) is 3.55. The predicted octanol–water partition coefficient (Wildman–Crippen LogP) is 1.17. The third kappa shape index (κ3) is 3.79. The highest BCUT2D eigenvalue weighted by molar-refractivity contribution is 5.67. The van der Waals surface area contributed by atoms with Crippen molar-refractivity contribution in [1.29, 1.82) is 0 Å². The van der Waals surface area contributed by atoms with Crippen LogP contribution in [0, 0.1) is 0 Å². The molecule has 0 heterocycles. The van der Waals surface area contributed by atoms with E-state index in [1.165, 1.54) is 0 Å². The monoisotopic (exact) mass is 198 g/mol. The van der Waals surface area contributed by atoms with Crippen molar-refractivity contribution in [2.75, 3.05) is 7.05 Å². The third-order valence-corrected chi connectivity index (χ3v) is 2.32. The molecule has 0 aromatic carbocycles. The van der Waals surface area contributed by atoms with E-state index in [9.17, 15) is 4.79 Å². The van der Waals surface area contributed by atoms with E-state index in [1.54, 1.807) is 7.05 Å². The molecule has 2 atom stereocenters. The van der Waals surface area contributed by atoms with E-state index < -0.39 is 0 Å². The molecule has 0 bridgehead atoms. The third-order valence-electron chi connectivity index (χ3n) is 2.32. The summed E-state index contributed by atoms with van der Waals surface area (Å²) in [5, 5.41) is 2.44. The van der Waals surface area contributed by atoms with Gasteiger partial charge in [-0.25, -0.2) is 4.79 Å². The van der Waals surface area contributed by atoms with Crippen molar-refractivity contribution in [3.63, 3.8) is 0 Å². The number of hydrogen-bond donors (Lipinski definition) is 2. The van der Waals surface area contributed by atoms with E-state index in [0.29, 0.717) is 0 Å². The minimum absolute atomic E-state index is 0.0950. The highest BCUT2D eigenvalue weighted by Crippen LogP contribution is 2.13. The summed E-state index contributed by atoms with van der Waals surface area (Å²) in [6.45, 7) is 0. The molecule has 4 nitrogen and oxygen atoms in total. The van der Waals surface area contributed by atoms with Crippen molar-refractivity contribution < 1.29 is 9.53 Å². The predicted molar refractivity (Wildman–Crippen MR) is 54.9 cm³/mol. The number of rotatable bonds is 1. The summed E-state index contributed by atoms with van der Waals surface area (Å²) in [6, 6.07) is 0.257. The first-order valence-corrected chi connectivity index (χ1v) is 5.03. The summed E-state index contributed by atoms with van der Waals surface area (Å²) in [5.41, 5.74) is 5.81. The van der Waals surface area contributed by atoms with Gasteiger partial charge in [0.2, 0.25) is 0 Å². The van der Waals surface area contributed by atoms with Crippen molar-refractivity contribution in [1.82, 2.24) is 5.32 Å². The standard InChI is InChI=1S/C10H18N2O2/c1-12-10(13)14-9-6-2-4-8(11)5-3-7-9/h2,6,8-9H,3-5,7,11H2,1H3,(H,12,13)/b6-2+/t8-,9?/m1/s1. The van der Waals surface area contributed by atoms with Crippen LogP contribution in [0.2, 0.25) is 0 Å². The number of alkyl carbamates (subject to hydrolysis) is 1. The number of nitrogens with one attached hydrogen (secondary N) is 1. The topological polar surface area (TPSA) is 64.3 Å². The molecular formula is C10H18N2O2. The molecule has 0 fully saturated rings. The first-order chi connectivity index (χ1) is 6.72. The average molecular weight is 198 g/mol. The quantitative estimate of drug-likeness (QED) is 0.621. The normalized spacial score (nSPS) is 29.9. The maximum absolute atomic E-state index is 11.0. The molecule has 0 aliphatic heterocycles. The fraction of sp³-hybridized carbons (Fsp3) is 0.700. The lowest BCUT2D eigenvalue weighted by Crippen LogP contribution is -2.27. The maximum atomic E-state index is 11.0. The number of ether oxygens (including phenoxy) is 1. The molecule has 0 aromatic heterocycles. The summed E-state index contributed by atoms with van der Waals surface area (Å²) < 4.78 is 5.13. The van der Waals surface area contributed by atoms with E-state index in [-0.39, 0.29) is 18.2 Å². The lowest BCUT2D eigenvalue weighted by molar-refractivity contribution is 0.115. The highest BCUT2D eigenvalue weighted by atomic mass is 16.6. The van der Waals surface area contributed by atoms with Gasteiger partial charge in [0, 0.05) is 13.1 Å². The van der Waals surface area contributed by atoms with E-state index >= 15 is 0 Å². The van der Waals surface area contributed by atoms with E-state index in [0.717, 1.165) is 25.7 Å². The molecular weight excluding hydrogens is 180 g/mol. The number of carbonyl (C=O) groups is 1. The summed E-state index contributed by atoms with van der Waals surface area (Å²) in [4.78, 5) is 11.0. The number of carbonyl (C=O) groups excluding carboxylic acids is 1. The number of hydrogen-bond acceptors (Lipinski definition) is 3. The van der Waals surface area contributed by atoms with E-state index in [4.69, 9.17) is 10.5 Å². The molecule has 1 aliphatic rings. The van der Waals surface area contributed by atoms with Gasteiger partial charge in [-0.1, -0.05) is 6.08 Å². The van der Waals surface area contributed by atoms with Crippen LogP contribution >= 0.6 is 0 Å². The Morgan fingerprint density at radius 2 is 2.36 bits per heavy atom. The summed E-state index contributed by atoms with van der Waals surface area (Å²) in [5.74, 6) is 0. The largest absolute Gasteiger partial charge is 0.442 e. The molecule has 14 heavy (non-hydrogen) atoms. The summed E-state index contributed by atoms with van der Waals surface area (Å²) in [7, 11) is 1.56. The van der Waals surface area contributed by atoms with Gasteiger partial charge in [-0.3, -0.25) is 0 Å². The van der Waals surface area contributed by atoms with Gasteiger partial charge in [-0.15, -0.1) is 0 Å². The molecule has 0 saturated carbocycles. The van der Waals surface area contributed by atoms with E-state index in [1.807, 2.05) is 12.2 Å². The summed E-state index contributed by atoms with van der Waals surface area (Å²) >= 11 is 0. The van der Waals surface area contributed by atoms with Gasteiger partial charge in [-0.2, -0.15) is 0 Å². The molecule has 1 unspecified atom stereocenters. The van der Waals surface area contributed by atoms with Crippen LogP contribution in [-0.4, -0.2) is 25.3 Å². The zero-order valence-corrected chi connectivity index (χ0v) is 8.53. The van der Waals surface area contributed by atoms with Crippen molar-refractivity contribution in [3.05, 3.63) is 12.2 Å². The molecule has 1 rings (SSSR count). The Bertz CT molecular complexity index is 216. The van der Waals surface area contributed by atoms with Crippen molar-refractivity contribution >= 4 is 6.09 Å². The van der Waals surface area contributed by atoms with Gasteiger partial charge in [0.25, 0.3) is 0 Å². The van der Waals surface area contributed by atoms with Crippen LogP contribution in [-0.2, 0) is 4.74 Å². The first-order valence-electron chi connectivity index (χ1n) is 5.03. The Morgan fingerprint density at radius 1 is 1.57 bits per heavy atom. The molecule has 80 valence electrons. The number of amides is 1. The van der Waals surface area contributed by atoms with Crippen LogP contribution < -0.4 is 11.1 Å². The van der Waals surface area contributed by atoms with Crippen molar-refractivity contribution in [2.24, 2.45) is 5.73 Å². The lowest BCUT2D eigenvalue weighted by atomic mass is 10.0. The Balaban J connectivity index is 2.41. The Labute approximate surface area is 84.5 Å². The zero-order valence-electron chi connectivity index (χ0n) is 8.53. The van der Waals surface area contributed by atoms with Gasteiger partial charge in [0.15, 0.2) is 0 Å². The molecule has 0 radical (unpaired) electrons. The van der Waals surface area contributed by atoms with Crippen molar-refractivity contribution in [2.45, 2.75) is 37.8 Å². The van der Waals surface area contributed by atoms with Crippen LogP contribution in [0.4, 0.5) is 4.79 Å². The number of nitrogens with two attached hydrogens (primary N) is 1. The molecule has 0 saturated heterocycles. The van der Waals surface area contributed by atoms with Crippen LogP contribution in [0.1, 0.15) is 25.7 Å². The molecule has 1 amide bonds. The minimum Gasteiger partial charge on any atom is -0.442 e. The maximum Gasteiger partial charge on any atom is 0.407 e.